The fraction of sp³-hybridized carbons (Fsp3) is 0.385. The number of carbonyl (C=O) groups excluding carboxylic acids is 2. The van der Waals surface area contributed by atoms with Crippen molar-refractivity contribution >= 4 is 35.1 Å². The summed E-state index contributed by atoms with van der Waals surface area (Å²) in [6, 6.07) is 0. The monoisotopic (exact) mass is 302 g/mol. The first-order valence-electron chi connectivity index (χ1n) is 5.64. The summed E-state index contributed by atoms with van der Waals surface area (Å²) in [6.07, 6.45) is 5.49. The summed E-state index contributed by atoms with van der Waals surface area (Å²) in [7, 11) is 0. The van der Waals surface area contributed by atoms with E-state index in [-0.39, 0.29) is 0 Å². The van der Waals surface area contributed by atoms with Crippen LogP contribution in [-0.4, -0.2) is 16.3 Å². The number of rotatable bonds is 4. The van der Waals surface area contributed by atoms with Gasteiger partial charge in [0, 0.05) is 11.8 Å². The first kappa shape index (κ1) is 14.2. The van der Waals surface area contributed by atoms with Crippen molar-refractivity contribution < 1.29 is 19.1 Å². The maximum atomic E-state index is 12.0. The van der Waals surface area contributed by atoms with Gasteiger partial charge in [-0.2, -0.15) is 0 Å². The van der Waals surface area contributed by atoms with Crippen molar-refractivity contribution in [1.29, 1.82) is 0 Å². The Morgan fingerprint density at radius 2 is 1.37 bits per heavy atom. The molecule has 0 aromatic rings. The molecule has 2 aliphatic rings. The Bertz CT molecular complexity index is 429. The summed E-state index contributed by atoms with van der Waals surface area (Å²) in [4.78, 5) is 23.9. The van der Waals surface area contributed by atoms with Crippen LogP contribution in [0.3, 0.4) is 0 Å². The molecular weight excluding hydrogens is 291 g/mol. The Morgan fingerprint density at radius 3 is 1.68 bits per heavy atom. The van der Waals surface area contributed by atoms with Crippen molar-refractivity contribution in [2.75, 3.05) is 0 Å². The van der Waals surface area contributed by atoms with Crippen molar-refractivity contribution in [2.45, 2.75) is 4.33 Å². The minimum absolute atomic E-state index is 0.490. The van der Waals surface area contributed by atoms with Gasteiger partial charge < -0.3 is 9.47 Å². The van der Waals surface area contributed by atoms with Gasteiger partial charge in [0.15, 0.2) is 0 Å². The average Bonchev–Trinajstić information content (AvgIpc) is 2.76. The van der Waals surface area contributed by atoms with Crippen LogP contribution in [0.25, 0.3) is 0 Å². The molecule has 1 saturated carbocycles. The normalized spacial score (nSPS) is 33.8. The third-order valence-electron chi connectivity index (χ3n) is 3.52. The minimum Gasteiger partial charge on any atom is -0.435 e. The molecule has 4 nitrogen and oxygen atoms in total. The van der Waals surface area contributed by atoms with Crippen molar-refractivity contribution in [3.63, 3.8) is 0 Å². The van der Waals surface area contributed by atoms with Crippen LogP contribution < -0.4 is 0 Å². The highest BCUT2D eigenvalue weighted by Gasteiger charge is 2.65. The number of halogens is 2. The number of carbonyl (C=O) groups is 2. The topological polar surface area (TPSA) is 52.6 Å². The predicted molar refractivity (Wildman–Crippen MR) is 70.1 cm³/mol. The van der Waals surface area contributed by atoms with Gasteiger partial charge in [-0.25, -0.2) is 0 Å². The molecule has 0 aromatic heterocycles. The molecule has 1 fully saturated rings. The largest absolute Gasteiger partial charge is 0.435 e. The molecule has 2 aliphatic carbocycles. The first-order chi connectivity index (χ1) is 8.95. The molecule has 2 rings (SSSR count). The van der Waals surface area contributed by atoms with Gasteiger partial charge in [0.2, 0.25) is 0 Å². The van der Waals surface area contributed by atoms with Crippen molar-refractivity contribution in [1.82, 2.24) is 0 Å². The number of alkyl halides is 2. The second kappa shape index (κ2) is 5.02. The minimum atomic E-state index is -1.21. The standard InChI is InChI=1S/C13H12Cl2O4/c1-3-18-11(16)9-7-5-6-8(13(7,14)15)10(9)12(17)19-4-2/h3-10H,1-2H2. The lowest BCUT2D eigenvalue weighted by molar-refractivity contribution is -0.155. The molecule has 0 aromatic carbocycles. The second-order valence-corrected chi connectivity index (χ2v) is 5.81. The number of esters is 2. The Balaban J connectivity index is 2.35. The van der Waals surface area contributed by atoms with Gasteiger partial charge in [0.05, 0.1) is 24.4 Å². The summed E-state index contributed by atoms with van der Waals surface area (Å²) in [6.45, 7) is 6.63. The summed E-state index contributed by atoms with van der Waals surface area (Å²) in [5.74, 6) is -3.73. The van der Waals surface area contributed by atoms with Crippen LogP contribution in [0, 0.1) is 23.7 Å². The Hall–Kier alpha value is -1.26. The van der Waals surface area contributed by atoms with E-state index in [1.807, 2.05) is 0 Å². The van der Waals surface area contributed by atoms with Crippen molar-refractivity contribution in [2.24, 2.45) is 23.7 Å². The predicted octanol–water partition coefficient (Wildman–Crippen LogP) is 2.58. The molecule has 0 saturated heterocycles. The van der Waals surface area contributed by atoms with E-state index in [2.05, 4.69) is 13.2 Å². The molecule has 6 heteroatoms. The summed E-state index contributed by atoms with van der Waals surface area (Å²) >= 11 is 12.5. The number of ether oxygens (including phenoxy) is 2. The highest BCUT2D eigenvalue weighted by molar-refractivity contribution is 6.49. The zero-order valence-corrected chi connectivity index (χ0v) is 11.4. The molecule has 0 amide bonds. The van der Waals surface area contributed by atoms with Crippen molar-refractivity contribution in [3.05, 3.63) is 37.8 Å². The Kier molecular flexibility index (Phi) is 3.74. The molecular formula is C13H12Cl2O4. The number of hydrogen-bond donors (Lipinski definition) is 0. The average molecular weight is 303 g/mol. The molecule has 0 heterocycles. The zero-order valence-electron chi connectivity index (χ0n) is 9.92. The van der Waals surface area contributed by atoms with Gasteiger partial charge in [-0.3, -0.25) is 9.59 Å². The van der Waals surface area contributed by atoms with Crippen LogP contribution in [0.5, 0.6) is 0 Å². The quantitative estimate of drug-likeness (QED) is 0.347. The molecule has 4 atom stereocenters. The van der Waals surface area contributed by atoms with Gasteiger partial charge in [-0.1, -0.05) is 25.3 Å². The lowest BCUT2D eigenvalue weighted by atomic mass is 9.83. The van der Waals surface area contributed by atoms with Crippen LogP contribution in [0.1, 0.15) is 0 Å². The second-order valence-electron chi connectivity index (χ2n) is 4.37. The van der Waals surface area contributed by atoms with Crippen molar-refractivity contribution in [3.8, 4) is 0 Å². The van der Waals surface area contributed by atoms with Crippen LogP contribution in [0.2, 0.25) is 0 Å². The summed E-state index contributed by atoms with van der Waals surface area (Å²) < 4.78 is 8.33. The fourth-order valence-corrected chi connectivity index (χ4v) is 3.62. The molecule has 102 valence electrons. The highest BCUT2D eigenvalue weighted by atomic mass is 35.5. The summed E-state index contributed by atoms with van der Waals surface area (Å²) in [5, 5.41) is 0. The van der Waals surface area contributed by atoms with Gasteiger partial charge in [0.25, 0.3) is 0 Å². The van der Waals surface area contributed by atoms with Crippen LogP contribution in [-0.2, 0) is 19.1 Å². The maximum Gasteiger partial charge on any atom is 0.315 e. The van der Waals surface area contributed by atoms with E-state index in [0.29, 0.717) is 0 Å². The number of fused-ring (bicyclic) bond motifs is 2. The van der Waals surface area contributed by atoms with Crippen LogP contribution >= 0.6 is 23.2 Å². The molecule has 0 aliphatic heterocycles. The van der Waals surface area contributed by atoms with E-state index < -0.39 is 39.9 Å². The number of allylic oxidation sites excluding steroid dienone is 2. The van der Waals surface area contributed by atoms with Gasteiger partial charge in [-0.15, -0.1) is 23.2 Å². The van der Waals surface area contributed by atoms with E-state index in [0.717, 1.165) is 12.5 Å². The van der Waals surface area contributed by atoms with Gasteiger partial charge >= 0.3 is 11.9 Å². The highest BCUT2D eigenvalue weighted by Crippen LogP contribution is 2.60. The zero-order chi connectivity index (χ0) is 14.2. The van der Waals surface area contributed by atoms with E-state index in [1.165, 1.54) is 0 Å². The molecule has 0 N–H and O–H groups in total. The summed E-state index contributed by atoms with van der Waals surface area (Å²) in [5.41, 5.74) is 0. The fourth-order valence-electron chi connectivity index (χ4n) is 2.79. The number of hydrogen-bond acceptors (Lipinski definition) is 4. The smallest absolute Gasteiger partial charge is 0.315 e. The Labute approximate surface area is 120 Å². The van der Waals surface area contributed by atoms with E-state index in [1.54, 1.807) is 12.2 Å². The third-order valence-corrected chi connectivity index (χ3v) is 4.53. The molecule has 0 spiro atoms. The Morgan fingerprint density at radius 1 is 1.00 bits per heavy atom. The van der Waals surface area contributed by atoms with E-state index >= 15 is 0 Å². The first-order valence-corrected chi connectivity index (χ1v) is 6.39. The molecule has 19 heavy (non-hydrogen) atoms. The van der Waals surface area contributed by atoms with E-state index in [4.69, 9.17) is 32.7 Å². The van der Waals surface area contributed by atoms with E-state index in [9.17, 15) is 9.59 Å². The van der Waals surface area contributed by atoms with Crippen LogP contribution in [0.4, 0.5) is 0 Å². The maximum absolute atomic E-state index is 12.0. The molecule has 4 unspecified atom stereocenters. The van der Waals surface area contributed by atoms with Gasteiger partial charge in [0.1, 0.15) is 4.33 Å². The van der Waals surface area contributed by atoms with Crippen LogP contribution in [0.15, 0.2) is 37.8 Å². The SMILES string of the molecule is C=COC(=O)C1C(C(=O)OC=C)C2C=CC1C2(Cl)Cl. The third kappa shape index (κ3) is 2.09. The lowest BCUT2D eigenvalue weighted by Crippen LogP contribution is -2.34. The molecule has 0 radical (unpaired) electrons. The van der Waals surface area contributed by atoms with Gasteiger partial charge in [-0.05, 0) is 0 Å². The molecule has 2 bridgehead atoms. The lowest BCUT2D eigenvalue weighted by Gasteiger charge is -2.22.